The fourth-order valence-corrected chi connectivity index (χ4v) is 3.90. The van der Waals surface area contributed by atoms with E-state index < -0.39 is 0 Å². The van der Waals surface area contributed by atoms with Crippen molar-refractivity contribution in [3.63, 3.8) is 0 Å². The van der Waals surface area contributed by atoms with Gasteiger partial charge in [0, 0.05) is 31.0 Å². The smallest absolute Gasteiger partial charge is 0.229 e. The minimum absolute atomic E-state index is 0.153. The summed E-state index contributed by atoms with van der Waals surface area (Å²) in [4.78, 5) is 9.82. The largest absolute Gasteiger partial charge is 0.396 e. The highest BCUT2D eigenvalue weighted by Gasteiger charge is 2.17. The van der Waals surface area contributed by atoms with Crippen LogP contribution < -0.4 is 16.0 Å². The van der Waals surface area contributed by atoms with Gasteiger partial charge in [0.15, 0.2) is 0 Å². The summed E-state index contributed by atoms with van der Waals surface area (Å²) in [5, 5.41) is 19.4. The maximum atomic E-state index is 13.3. The molecule has 1 heterocycles. The van der Waals surface area contributed by atoms with Gasteiger partial charge in [0.25, 0.3) is 0 Å². The summed E-state index contributed by atoms with van der Waals surface area (Å²) in [7, 11) is 0. The Morgan fingerprint density at radius 3 is 2.71 bits per heavy atom. The van der Waals surface area contributed by atoms with E-state index in [1.165, 1.54) is 12.1 Å². The van der Waals surface area contributed by atoms with Gasteiger partial charge in [-0.3, -0.25) is 0 Å². The van der Waals surface area contributed by atoms with Crippen molar-refractivity contribution in [3.05, 3.63) is 77.4 Å². The Bertz CT molecular complexity index is 1060. The first kappa shape index (κ1) is 25.5. The fourth-order valence-electron chi connectivity index (χ4n) is 3.53. The molecule has 34 heavy (non-hydrogen) atoms. The van der Waals surface area contributed by atoms with Gasteiger partial charge in [0.2, 0.25) is 5.95 Å². The summed E-state index contributed by atoms with van der Waals surface area (Å²) < 4.78 is 13.3. The van der Waals surface area contributed by atoms with E-state index in [0.29, 0.717) is 34.7 Å². The molecule has 0 radical (unpaired) electrons. The molecule has 1 atom stereocenters. The molecule has 0 spiro atoms. The fraction of sp³-hybridized carbons (Fsp3) is 0.346. The molecular formula is C26H32FN5OS. The molecule has 0 aliphatic heterocycles. The molecule has 180 valence electrons. The summed E-state index contributed by atoms with van der Waals surface area (Å²) in [6.07, 6.45) is 13.7. The molecule has 1 aromatic carbocycles. The monoisotopic (exact) mass is 481 g/mol. The highest BCUT2D eigenvalue weighted by Crippen LogP contribution is 2.23. The quantitative estimate of drug-likeness (QED) is 0.262. The lowest BCUT2D eigenvalue weighted by Crippen LogP contribution is -2.25. The van der Waals surface area contributed by atoms with E-state index in [0.717, 1.165) is 36.9 Å². The Morgan fingerprint density at radius 2 is 1.97 bits per heavy atom. The van der Waals surface area contributed by atoms with Crippen molar-refractivity contribution in [2.24, 2.45) is 5.92 Å². The molecule has 1 aliphatic rings. The van der Waals surface area contributed by atoms with Crippen LogP contribution in [0.2, 0.25) is 0 Å². The van der Waals surface area contributed by atoms with Crippen LogP contribution in [0.1, 0.15) is 43.9 Å². The van der Waals surface area contributed by atoms with Crippen molar-refractivity contribution in [1.29, 1.82) is 0 Å². The molecule has 1 unspecified atom stereocenters. The molecule has 3 rings (SSSR count). The number of rotatable bonds is 10. The van der Waals surface area contributed by atoms with Crippen LogP contribution >= 0.6 is 12.2 Å². The van der Waals surface area contributed by atoms with Crippen LogP contribution in [0.5, 0.6) is 0 Å². The number of anilines is 3. The van der Waals surface area contributed by atoms with Crippen LogP contribution in [0.25, 0.3) is 0 Å². The molecule has 0 fully saturated rings. The lowest BCUT2D eigenvalue weighted by atomic mass is 10.0. The highest BCUT2D eigenvalue weighted by atomic mass is 32.1. The van der Waals surface area contributed by atoms with E-state index >= 15 is 0 Å². The van der Waals surface area contributed by atoms with Crippen LogP contribution in [0.4, 0.5) is 21.8 Å². The Labute approximate surface area is 206 Å². The van der Waals surface area contributed by atoms with E-state index in [4.69, 9.17) is 12.2 Å². The molecule has 0 saturated heterocycles. The molecule has 0 bridgehead atoms. The van der Waals surface area contributed by atoms with Gasteiger partial charge in [0.05, 0.1) is 11.3 Å². The zero-order valence-electron chi connectivity index (χ0n) is 19.6. The number of halogens is 1. The topological polar surface area (TPSA) is 82.1 Å². The lowest BCUT2D eigenvalue weighted by Gasteiger charge is -2.19. The number of nitrogens with one attached hydrogen (secondary N) is 3. The SMILES string of the molecule is CCC(CO)CCNc1nc(Nc2ccc(F)cc2)nc(C)c1C(=S)N/C1=C/C=C\C/C=C\C1. The summed E-state index contributed by atoms with van der Waals surface area (Å²) in [6, 6.07) is 6.03. The zero-order chi connectivity index (χ0) is 24.3. The molecule has 6 nitrogen and oxygen atoms in total. The van der Waals surface area contributed by atoms with Crippen molar-refractivity contribution >= 4 is 34.7 Å². The summed E-state index contributed by atoms with van der Waals surface area (Å²) in [6.45, 7) is 4.74. The van der Waals surface area contributed by atoms with Gasteiger partial charge < -0.3 is 21.1 Å². The molecule has 0 saturated carbocycles. The number of thiocarbonyl (C=S) groups is 1. The highest BCUT2D eigenvalue weighted by molar-refractivity contribution is 7.80. The number of benzene rings is 1. The van der Waals surface area contributed by atoms with Gasteiger partial charge >= 0.3 is 0 Å². The second kappa shape index (κ2) is 13.0. The number of aliphatic hydroxyl groups is 1. The van der Waals surface area contributed by atoms with Crippen molar-refractivity contribution in [2.75, 3.05) is 23.8 Å². The van der Waals surface area contributed by atoms with Crippen LogP contribution in [-0.2, 0) is 0 Å². The number of aromatic nitrogens is 2. The average Bonchev–Trinajstić information content (AvgIpc) is 2.79. The summed E-state index contributed by atoms with van der Waals surface area (Å²) in [5.74, 6) is 0.919. The normalized spacial score (nSPS) is 17.5. The Balaban J connectivity index is 1.86. The van der Waals surface area contributed by atoms with E-state index in [1.807, 2.05) is 19.1 Å². The van der Waals surface area contributed by atoms with Crippen LogP contribution in [-0.4, -0.2) is 33.2 Å². The number of aliphatic hydroxyl groups excluding tert-OH is 1. The molecular weight excluding hydrogens is 449 g/mol. The van der Waals surface area contributed by atoms with Gasteiger partial charge in [-0.15, -0.1) is 0 Å². The first-order valence-corrected chi connectivity index (χ1v) is 12.0. The molecule has 2 aromatic rings. The number of hydrogen-bond acceptors (Lipinski definition) is 6. The van der Waals surface area contributed by atoms with Crippen LogP contribution in [0.15, 0.2) is 60.3 Å². The summed E-state index contributed by atoms with van der Waals surface area (Å²) >= 11 is 5.77. The number of aryl methyl sites for hydroxylation is 1. The van der Waals surface area contributed by atoms with E-state index in [1.54, 1.807) is 12.1 Å². The van der Waals surface area contributed by atoms with Crippen LogP contribution in [0.3, 0.4) is 0 Å². The van der Waals surface area contributed by atoms with Crippen LogP contribution in [0, 0.1) is 18.7 Å². The van der Waals surface area contributed by atoms with Gasteiger partial charge in [0.1, 0.15) is 16.6 Å². The predicted molar refractivity (Wildman–Crippen MR) is 141 cm³/mol. The van der Waals surface area contributed by atoms with Crippen molar-refractivity contribution in [1.82, 2.24) is 15.3 Å². The Morgan fingerprint density at radius 1 is 1.18 bits per heavy atom. The van der Waals surface area contributed by atoms with Crippen molar-refractivity contribution < 1.29 is 9.50 Å². The molecule has 4 N–H and O–H groups in total. The maximum absolute atomic E-state index is 13.3. The van der Waals surface area contributed by atoms with Crippen molar-refractivity contribution in [3.8, 4) is 0 Å². The first-order chi connectivity index (χ1) is 16.5. The minimum atomic E-state index is -0.306. The second-order valence-electron chi connectivity index (χ2n) is 8.15. The molecule has 1 aliphatic carbocycles. The maximum Gasteiger partial charge on any atom is 0.229 e. The first-order valence-electron chi connectivity index (χ1n) is 11.6. The summed E-state index contributed by atoms with van der Waals surface area (Å²) in [5.41, 5.74) is 3.12. The molecule has 1 aromatic heterocycles. The number of allylic oxidation sites excluding steroid dienone is 5. The third-order valence-electron chi connectivity index (χ3n) is 5.58. The Kier molecular flexibility index (Phi) is 9.73. The second-order valence-corrected chi connectivity index (χ2v) is 8.55. The van der Waals surface area contributed by atoms with Gasteiger partial charge in [-0.05, 0) is 56.0 Å². The van der Waals surface area contributed by atoms with Crippen molar-refractivity contribution in [2.45, 2.75) is 39.5 Å². The van der Waals surface area contributed by atoms with Gasteiger partial charge in [-0.2, -0.15) is 4.98 Å². The molecule has 8 heteroatoms. The standard InChI is InChI=1S/C26H32FN5OS/c1-3-19(17-33)15-16-28-24-23(25(34)30-21-9-7-5-4-6-8-10-21)18(2)29-26(32-24)31-22-13-11-20(27)12-14-22/h5-9,11-14,19,33H,3-4,10,15-17H2,1-2H3,(H,30,34)(H2,28,29,31,32)/b7-5-,8-6-,21-9+. The third kappa shape index (κ3) is 7.46. The molecule has 0 amide bonds. The van der Waals surface area contributed by atoms with E-state index in [2.05, 4.69) is 51.1 Å². The predicted octanol–water partition coefficient (Wildman–Crippen LogP) is 5.54. The number of hydrogen-bond donors (Lipinski definition) is 4. The zero-order valence-corrected chi connectivity index (χ0v) is 20.5. The third-order valence-corrected chi connectivity index (χ3v) is 5.89. The Hall–Kier alpha value is -3.10. The van der Waals surface area contributed by atoms with E-state index in [-0.39, 0.29) is 18.3 Å². The number of nitrogens with zero attached hydrogens (tertiary/aromatic N) is 2. The van der Waals surface area contributed by atoms with E-state index in [9.17, 15) is 9.50 Å². The van der Waals surface area contributed by atoms with Gasteiger partial charge in [-0.25, -0.2) is 9.37 Å². The minimum Gasteiger partial charge on any atom is -0.396 e. The average molecular weight is 482 g/mol. The van der Waals surface area contributed by atoms with Gasteiger partial charge in [-0.1, -0.05) is 49.9 Å². The lowest BCUT2D eigenvalue weighted by molar-refractivity contribution is 0.217.